The zero-order valence-electron chi connectivity index (χ0n) is 13.2. The molecule has 1 aliphatic carbocycles. The van der Waals surface area contributed by atoms with Crippen LogP contribution in [-0.4, -0.2) is 26.7 Å². The molecule has 1 heterocycles. The lowest BCUT2D eigenvalue weighted by atomic mass is 9.83. The van der Waals surface area contributed by atoms with Gasteiger partial charge in [-0.3, -0.25) is 4.79 Å². The van der Waals surface area contributed by atoms with E-state index in [0.717, 1.165) is 24.1 Å². The number of hydrogen-bond acceptors (Lipinski definition) is 4. The Morgan fingerprint density at radius 1 is 1.26 bits per heavy atom. The maximum Gasteiger partial charge on any atom is 0.224 e. The molecule has 2 atom stereocenters. The molecule has 0 spiro atoms. The normalized spacial score (nSPS) is 21.1. The van der Waals surface area contributed by atoms with E-state index in [-0.39, 0.29) is 11.9 Å². The number of amides is 1. The van der Waals surface area contributed by atoms with Gasteiger partial charge in [0, 0.05) is 18.2 Å². The predicted octanol–water partition coefficient (Wildman–Crippen LogP) is 2.17. The first-order valence-corrected chi connectivity index (χ1v) is 8.17. The van der Waals surface area contributed by atoms with Crippen molar-refractivity contribution in [1.29, 1.82) is 0 Å². The molecule has 1 saturated carbocycles. The first kappa shape index (κ1) is 15.7. The van der Waals surface area contributed by atoms with Gasteiger partial charge in [-0.25, -0.2) is 0 Å². The van der Waals surface area contributed by atoms with Crippen molar-refractivity contribution in [3.05, 3.63) is 42.5 Å². The van der Waals surface area contributed by atoms with Crippen molar-refractivity contribution < 1.29 is 4.79 Å². The highest BCUT2D eigenvalue weighted by atomic mass is 16.1. The Morgan fingerprint density at radius 3 is 2.83 bits per heavy atom. The number of nitrogens with two attached hydrogens (primary N) is 1. The van der Waals surface area contributed by atoms with Crippen molar-refractivity contribution in [2.45, 2.75) is 44.7 Å². The molecule has 122 valence electrons. The fraction of sp³-hybridized carbons (Fsp3) is 0.471. The van der Waals surface area contributed by atoms with Crippen LogP contribution in [0.4, 0.5) is 5.69 Å². The van der Waals surface area contributed by atoms with Crippen LogP contribution in [0.25, 0.3) is 0 Å². The molecule has 3 rings (SSSR count). The first-order chi connectivity index (χ1) is 11.2. The summed E-state index contributed by atoms with van der Waals surface area (Å²) in [5.74, 6) is 0.359. The number of carbonyl (C=O) groups is 1. The summed E-state index contributed by atoms with van der Waals surface area (Å²) in [6.45, 7) is 0.685. The lowest BCUT2D eigenvalue weighted by Crippen LogP contribution is -2.35. The largest absolute Gasteiger partial charge is 0.327 e. The minimum Gasteiger partial charge on any atom is -0.327 e. The molecule has 2 aromatic rings. The van der Waals surface area contributed by atoms with Crippen molar-refractivity contribution in [3.63, 3.8) is 0 Å². The maximum atomic E-state index is 12.3. The van der Waals surface area contributed by atoms with Gasteiger partial charge in [-0.1, -0.05) is 25.0 Å². The Kier molecular flexibility index (Phi) is 5.02. The minimum absolute atomic E-state index is 0.0498. The number of carbonyl (C=O) groups excluding carboxylic acids is 1. The maximum absolute atomic E-state index is 12.3. The average Bonchev–Trinajstić information content (AvgIpc) is 3.03. The summed E-state index contributed by atoms with van der Waals surface area (Å²) in [5, 5.41) is 10.6. The van der Waals surface area contributed by atoms with Crippen LogP contribution >= 0.6 is 0 Å². The minimum atomic E-state index is 0.0498. The SMILES string of the molecule is N[C@@H]1CCCC[C@@H]1CC(=O)Nc1cccc(Cn2cnnc2)c1. The number of rotatable bonds is 5. The summed E-state index contributed by atoms with van der Waals surface area (Å²) in [6, 6.07) is 8.02. The summed E-state index contributed by atoms with van der Waals surface area (Å²) in [5.41, 5.74) is 8.04. The fourth-order valence-electron chi connectivity index (χ4n) is 3.20. The topological polar surface area (TPSA) is 85.8 Å². The van der Waals surface area contributed by atoms with E-state index in [9.17, 15) is 4.79 Å². The van der Waals surface area contributed by atoms with Crippen LogP contribution in [0.1, 0.15) is 37.7 Å². The molecular formula is C17H23N5O. The van der Waals surface area contributed by atoms with E-state index in [4.69, 9.17) is 5.73 Å². The Morgan fingerprint density at radius 2 is 2.04 bits per heavy atom. The van der Waals surface area contributed by atoms with Gasteiger partial charge in [0.15, 0.2) is 0 Å². The predicted molar refractivity (Wildman–Crippen MR) is 88.7 cm³/mol. The van der Waals surface area contributed by atoms with Crippen molar-refractivity contribution in [2.24, 2.45) is 11.7 Å². The molecule has 0 radical (unpaired) electrons. The number of benzene rings is 1. The van der Waals surface area contributed by atoms with Crippen molar-refractivity contribution in [2.75, 3.05) is 5.32 Å². The lowest BCUT2D eigenvalue weighted by molar-refractivity contribution is -0.117. The highest BCUT2D eigenvalue weighted by molar-refractivity contribution is 5.90. The van der Waals surface area contributed by atoms with E-state index in [1.54, 1.807) is 12.7 Å². The van der Waals surface area contributed by atoms with Gasteiger partial charge >= 0.3 is 0 Å². The van der Waals surface area contributed by atoms with Gasteiger partial charge in [0.25, 0.3) is 0 Å². The smallest absolute Gasteiger partial charge is 0.224 e. The summed E-state index contributed by atoms with van der Waals surface area (Å²) in [6.07, 6.45) is 8.32. The van der Waals surface area contributed by atoms with Crippen molar-refractivity contribution >= 4 is 11.6 Å². The number of nitrogens with zero attached hydrogens (tertiary/aromatic N) is 3. The van der Waals surface area contributed by atoms with Crippen molar-refractivity contribution in [3.8, 4) is 0 Å². The summed E-state index contributed by atoms with van der Waals surface area (Å²) >= 11 is 0. The third-order valence-electron chi connectivity index (χ3n) is 4.46. The number of anilines is 1. The second-order valence-electron chi connectivity index (χ2n) is 6.30. The highest BCUT2D eigenvalue weighted by Crippen LogP contribution is 2.26. The van der Waals surface area contributed by atoms with E-state index in [0.29, 0.717) is 18.9 Å². The van der Waals surface area contributed by atoms with Crippen LogP contribution in [0.2, 0.25) is 0 Å². The van der Waals surface area contributed by atoms with Crippen LogP contribution in [0.3, 0.4) is 0 Å². The average molecular weight is 313 g/mol. The number of hydrogen-bond donors (Lipinski definition) is 2. The van der Waals surface area contributed by atoms with E-state index in [1.807, 2.05) is 28.8 Å². The van der Waals surface area contributed by atoms with Crippen LogP contribution in [0.5, 0.6) is 0 Å². The molecule has 6 heteroatoms. The van der Waals surface area contributed by atoms with E-state index >= 15 is 0 Å². The third kappa shape index (κ3) is 4.39. The van der Waals surface area contributed by atoms with Gasteiger partial charge in [-0.05, 0) is 36.5 Å². The molecule has 1 amide bonds. The molecule has 0 aliphatic heterocycles. The van der Waals surface area contributed by atoms with Gasteiger partial charge in [0.1, 0.15) is 12.7 Å². The van der Waals surface area contributed by atoms with E-state index < -0.39 is 0 Å². The van der Waals surface area contributed by atoms with Crippen LogP contribution in [0.15, 0.2) is 36.9 Å². The molecule has 0 bridgehead atoms. The molecule has 1 aromatic heterocycles. The van der Waals surface area contributed by atoms with Crippen LogP contribution in [-0.2, 0) is 11.3 Å². The lowest BCUT2D eigenvalue weighted by Gasteiger charge is -2.27. The van der Waals surface area contributed by atoms with Crippen LogP contribution in [0, 0.1) is 5.92 Å². The Bertz CT molecular complexity index is 640. The quantitative estimate of drug-likeness (QED) is 0.886. The highest BCUT2D eigenvalue weighted by Gasteiger charge is 2.24. The standard InChI is InChI=1S/C17H23N5O/c18-16-7-2-1-5-14(16)9-17(23)21-15-6-3-4-13(8-15)10-22-11-19-20-12-22/h3-4,6,8,11-12,14,16H,1-2,5,7,9-10,18H2,(H,21,23)/t14-,16-/m1/s1. The van der Waals surface area contributed by atoms with Crippen LogP contribution < -0.4 is 11.1 Å². The van der Waals surface area contributed by atoms with Crippen molar-refractivity contribution in [1.82, 2.24) is 14.8 Å². The Balaban J connectivity index is 1.57. The summed E-state index contributed by atoms with van der Waals surface area (Å²) in [4.78, 5) is 12.3. The van der Waals surface area contributed by atoms with Gasteiger partial charge in [0.05, 0.1) is 6.54 Å². The monoisotopic (exact) mass is 313 g/mol. The van der Waals surface area contributed by atoms with E-state index in [2.05, 4.69) is 15.5 Å². The summed E-state index contributed by atoms with van der Waals surface area (Å²) < 4.78 is 1.89. The Hall–Kier alpha value is -2.21. The molecule has 6 nitrogen and oxygen atoms in total. The van der Waals surface area contributed by atoms with Gasteiger partial charge in [-0.15, -0.1) is 10.2 Å². The molecule has 0 unspecified atom stereocenters. The summed E-state index contributed by atoms with van der Waals surface area (Å²) in [7, 11) is 0. The second kappa shape index (κ2) is 7.37. The molecule has 1 aromatic carbocycles. The zero-order chi connectivity index (χ0) is 16.1. The van der Waals surface area contributed by atoms with E-state index in [1.165, 1.54) is 12.8 Å². The third-order valence-corrected chi connectivity index (χ3v) is 4.46. The Labute approximate surface area is 136 Å². The van der Waals surface area contributed by atoms with Gasteiger partial charge < -0.3 is 15.6 Å². The van der Waals surface area contributed by atoms with Gasteiger partial charge in [0.2, 0.25) is 5.91 Å². The number of aromatic nitrogens is 3. The fourth-order valence-corrected chi connectivity index (χ4v) is 3.20. The number of nitrogens with one attached hydrogen (secondary N) is 1. The molecular weight excluding hydrogens is 290 g/mol. The van der Waals surface area contributed by atoms with Gasteiger partial charge in [-0.2, -0.15) is 0 Å². The molecule has 0 saturated heterocycles. The zero-order valence-corrected chi connectivity index (χ0v) is 13.2. The molecule has 1 aliphatic rings. The molecule has 1 fully saturated rings. The molecule has 23 heavy (non-hydrogen) atoms. The molecule has 3 N–H and O–H groups in total. The first-order valence-electron chi connectivity index (χ1n) is 8.17. The second-order valence-corrected chi connectivity index (χ2v) is 6.30.